The number of rotatable bonds is 7. The van der Waals surface area contributed by atoms with E-state index in [4.69, 9.17) is 10.6 Å². The van der Waals surface area contributed by atoms with Crippen molar-refractivity contribution in [1.82, 2.24) is 5.43 Å². The Morgan fingerprint density at radius 3 is 2.65 bits per heavy atom. The van der Waals surface area contributed by atoms with E-state index < -0.39 is 11.6 Å². The maximum absolute atomic E-state index is 13.0. The molecule has 1 aromatic rings. The lowest BCUT2D eigenvalue weighted by atomic mass is 10.0. The van der Waals surface area contributed by atoms with E-state index >= 15 is 0 Å². The molecule has 0 aromatic heterocycles. The van der Waals surface area contributed by atoms with E-state index in [-0.39, 0.29) is 6.04 Å². The molecule has 0 heterocycles. The van der Waals surface area contributed by atoms with Crippen LogP contribution in [-0.4, -0.2) is 13.2 Å². The van der Waals surface area contributed by atoms with Gasteiger partial charge in [0.1, 0.15) is 0 Å². The molecule has 1 atom stereocenters. The average molecular weight is 244 g/mol. The van der Waals surface area contributed by atoms with Crippen molar-refractivity contribution in [2.24, 2.45) is 5.84 Å². The van der Waals surface area contributed by atoms with Gasteiger partial charge < -0.3 is 4.74 Å². The Hall–Kier alpha value is -1.04. The molecule has 0 fully saturated rings. The van der Waals surface area contributed by atoms with Crippen LogP contribution in [0.4, 0.5) is 8.78 Å². The maximum Gasteiger partial charge on any atom is 0.159 e. The van der Waals surface area contributed by atoms with Crippen molar-refractivity contribution in [1.29, 1.82) is 0 Å². The van der Waals surface area contributed by atoms with Crippen molar-refractivity contribution < 1.29 is 13.5 Å². The summed E-state index contributed by atoms with van der Waals surface area (Å²) in [4.78, 5) is 0. The Labute approximate surface area is 99.9 Å². The van der Waals surface area contributed by atoms with Crippen molar-refractivity contribution in [2.75, 3.05) is 13.2 Å². The van der Waals surface area contributed by atoms with Gasteiger partial charge in [0.05, 0.1) is 0 Å². The van der Waals surface area contributed by atoms with Crippen LogP contribution in [0.2, 0.25) is 0 Å². The van der Waals surface area contributed by atoms with E-state index in [0.29, 0.717) is 25.2 Å². The van der Waals surface area contributed by atoms with E-state index in [9.17, 15) is 8.78 Å². The second kappa shape index (κ2) is 7.32. The molecule has 0 aliphatic carbocycles. The summed E-state index contributed by atoms with van der Waals surface area (Å²) >= 11 is 0. The number of hydrogen-bond donors (Lipinski definition) is 2. The van der Waals surface area contributed by atoms with Gasteiger partial charge >= 0.3 is 0 Å². The number of halogens is 2. The fraction of sp³-hybridized carbons (Fsp3) is 0.500. The Kier molecular flexibility index (Phi) is 6.04. The number of hydrazine groups is 1. The van der Waals surface area contributed by atoms with Gasteiger partial charge in [0, 0.05) is 19.3 Å². The van der Waals surface area contributed by atoms with Crippen molar-refractivity contribution in [3.05, 3.63) is 35.4 Å². The van der Waals surface area contributed by atoms with Crippen LogP contribution < -0.4 is 11.3 Å². The van der Waals surface area contributed by atoms with Crippen LogP contribution in [0.15, 0.2) is 18.2 Å². The molecule has 1 unspecified atom stereocenters. The highest BCUT2D eigenvalue weighted by atomic mass is 19.2. The molecule has 17 heavy (non-hydrogen) atoms. The van der Waals surface area contributed by atoms with Crippen LogP contribution in [-0.2, 0) is 4.74 Å². The lowest BCUT2D eigenvalue weighted by Crippen LogP contribution is -2.29. The maximum atomic E-state index is 13.0. The molecule has 1 rings (SSSR count). The van der Waals surface area contributed by atoms with Crippen LogP contribution in [0.5, 0.6) is 0 Å². The summed E-state index contributed by atoms with van der Waals surface area (Å²) in [7, 11) is 0. The lowest BCUT2D eigenvalue weighted by molar-refractivity contribution is 0.124. The zero-order chi connectivity index (χ0) is 12.7. The molecule has 3 N–H and O–H groups in total. The Balaban J connectivity index is 2.56. The Morgan fingerprint density at radius 1 is 1.29 bits per heavy atom. The lowest BCUT2D eigenvalue weighted by Gasteiger charge is -2.16. The van der Waals surface area contributed by atoms with Crippen LogP contribution in [0.1, 0.15) is 31.4 Å². The molecular formula is C12H18F2N2O. The quantitative estimate of drug-likeness (QED) is 0.439. The fourth-order valence-electron chi connectivity index (χ4n) is 1.52. The smallest absolute Gasteiger partial charge is 0.159 e. The van der Waals surface area contributed by atoms with Gasteiger partial charge in [-0.15, -0.1) is 0 Å². The third-order valence-electron chi connectivity index (χ3n) is 2.45. The van der Waals surface area contributed by atoms with E-state index in [1.54, 1.807) is 0 Å². The highest BCUT2D eigenvalue weighted by molar-refractivity contribution is 5.21. The summed E-state index contributed by atoms with van der Waals surface area (Å²) < 4.78 is 31.1. The Bertz CT molecular complexity index is 347. The summed E-state index contributed by atoms with van der Waals surface area (Å²) in [5.74, 6) is 3.67. The average Bonchev–Trinajstić information content (AvgIpc) is 2.33. The normalized spacial score (nSPS) is 12.7. The highest BCUT2D eigenvalue weighted by Gasteiger charge is 2.12. The predicted molar refractivity (Wildman–Crippen MR) is 62.1 cm³/mol. The third-order valence-corrected chi connectivity index (χ3v) is 2.45. The Morgan fingerprint density at radius 2 is 2.06 bits per heavy atom. The number of nitrogens with two attached hydrogens (primary N) is 1. The van der Waals surface area contributed by atoms with Gasteiger partial charge in [-0.2, -0.15) is 0 Å². The minimum absolute atomic E-state index is 0.234. The molecule has 0 amide bonds. The van der Waals surface area contributed by atoms with Crippen LogP contribution in [0.25, 0.3) is 0 Å². The molecule has 0 spiro atoms. The van der Waals surface area contributed by atoms with Gasteiger partial charge in [-0.1, -0.05) is 13.0 Å². The first-order valence-electron chi connectivity index (χ1n) is 5.67. The summed E-state index contributed by atoms with van der Waals surface area (Å²) in [5.41, 5.74) is 3.19. The summed E-state index contributed by atoms with van der Waals surface area (Å²) in [5, 5.41) is 0. The number of benzene rings is 1. The highest BCUT2D eigenvalue weighted by Crippen LogP contribution is 2.18. The molecule has 0 saturated heterocycles. The van der Waals surface area contributed by atoms with E-state index in [1.807, 2.05) is 6.92 Å². The first-order valence-corrected chi connectivity index (χ1v) is 5.67. The van der Waals surface area contributed by atoms with Crippen LogP contribution >= 0.6 is 0 Å². The zero-order valence-electron chi connectivity index (χ0n) is 9.88. The third kappa shape index (κ3) is 4.38. The second-order valence-electron chi connectivity index (χ2n) is 3.79. The zero-order valence-corrected chi connectivity index (χ0v) is 9.88. The van der Waals surface area contributed by atoms with Crippen molar-refractivity contribution in [3.8, 4) is 0 Å². The first kappa shape index (κ1) is 14.0. The molecular weight excluding hydrogens is 226 g/mol. The molecule has 0 aliphatic heterocycles. The summed E-state index contributed by atoms with van der Waals surface area (Å²) in [6.07, 6.45) is 1.56. The largest absolute Gasteiger partial charge is 0.381 e. The van der Waals surface area contributed by atoms with E-state index in [0.717, 1.165) is 18.6 Å². The summed E-state index contributed by atoms with van der Waals surface area (Å²) in [6, 6.07) is 3.53. The first-order chi connectivity index (χ1) is 8.19. The minimum Gasteiger partial charge on any atom is -0.381 e. The van der Waals surface area contributed by atoms with Gasteiger partial charge in [-0.3, -0.25) is 11.3 Å². The number of ether oxygens (including phenoxy) is 1. The van der Waals surface area contributed by atoms with Gasteiger partial charge in [0.15, 0.2) is 11.6 Å². The van der Waals surface area contributed by atoms with Gasteiger partial charge in [0.25, 0.3) is 0 Å². The minimum atomic E-state index is -0.864. The second-order valence-corrected chi connectivity index (χ2v) is 3.79. The number of nitrogens with one attached hydrogen (secondary N) is 1. The molecule has 0 radical (unpaired) electrons. The number of hydrogen-bond acceptors (Lipinski definition) is 3. The van der Waals surface area contributed by atoms with E-state index in [1.165, 1.54) is 6.07 Å². The van der Waals surface area contributed by atoms with Crippen molar-refractivity contribution in [3.63, 3.8) is 0 Å². The standard InChI is InChI=1S/C12H18F2N2O/c1-2-6-17-7-5-12(16-15)9-3-4-10(13)11(14)8-9/h3-4,8,12,16H,2,5-7,15H2,1H3. The van der Waals surface area contributed by atoms with Gasteiger partial charge in [-0.25, -0.2) is 8.78 Å². The van der Waals surface area contributed by atoms with Crippen molar-refractivity contribution in [2.45, 2.75) is 25.8 Å². The summed E-state index contributed by atoms with van der Waals surface area (Å²) in [6.45, 7) is 3.24. The van der Waals surface area contributed by atoms with E-state index in [2.05, 4.69) is 5.43 Å². The molecule has 96 valence electrons. The topological polar surface area (TPSA) is 47.3 Å². The van der Waals surface area contributed by atoms with Crippen molar-refractivity contribution >= 4 is 0 Å². The van der Waals surface area contributed by atoms with Gasteiger partial charge in [-0.05, 0) is 30.5 Å². The molecule has 5 heteroatoms. The molecule has 3 nitrogen and oxygen atoms in total. The molecule has 1 aromatic carbocycles. The molecule has 0 bridgehead atoms. The molecule has 0 saturated carbocycles. The SMILES string of the molecule is CCCOCCC(NN)c1ccc(F)c(F)c1. The van der Waals surface area contributed by atoms with Gasteiger partial charge in [0.2, 0.25) is 0 Å². The monoisotopic (exact) mass is 244 g/mol. The predicted octanol–water partition coefficient (Wildman–Crippen LogP) is 2.29. The van der Waals surface area contributed by atoms with Crippen LogP contribution in [0.3, 0.4) is 0 Å². The van der Waals surface area contributed by atoms with Crippen LogP contribution in [0, 0.1) is 11.6 Å². The fourth-order valence-corrected chi connectivity index (χ4v) is 1.52. The molecule has 0 aliphatic rings.